The van der Waals surface area contributed by atoms with Crippen molar-refractivity contribution in [3.8, 4) is 0 Å². The van der Waals surface area contributed by atoms with Crippen LogP contribution in [0.25, 0.3) is 0 Å². The average Bonchev–Trinajstić information content (AvgIpc) is 2.40. The molecule has 2 N–H and O–H groups in total. The molecule has 0 spiro atoms. The molecular weight excluding hydrogens is 238 g/mol. The predicted octanol–water partition coefficient (Wildman–Crippen LogP) is 3.17. The van der Waals surface area contributed by atoms with Crippen molar-refractivity contribution in [1.82, 2.24) is 5.32 Å². The van der Waals surface area contributed by atoms with E-state index in [1.165, 1.54) is 19.3 Å². The van der Waals surface area contributed by atoms with E-state index in [1.54, 1.807) is 0 Å². The van der Waals surface area contributed by atoms with Crippen LogP contribution in [0, 0.1) is 0 Å². The molecule has 0 saturated heterocycles. The number of rotatable bonds is 5. The molecule has 1 aliphatic rings. The molecule has 1 fully saturated rings. The van der Waals surface area contributed by atoms with Gasteiger partial charge in [-0.05, 0) is 25.3 Å². The summed E-state index contributed by atoms with van der Waals surface area (Å²) in [7, 11) is 0. The van der Waals surface area contributed by atoms with Crippen LogP contribution in [0.2, 0.25) is 0 Å². The number of aliphatic carboxylic acids is 1. The Morgan fingerprint density at radius 1 is 1.26 bits per heavy atom. The first kappa shape index (κ1) is 14.1. The Bertz CT molecular complexity index is 410. The third-order valence-corrected chi connectivity index (χ3v) is 4.19. The van der Waals surface area contributed by atoms with Gasteiger partial charge in [-0.25, -0.2) is 0 Å². The molecule has 0 amide bonds. The van der Waals surface area contributed by atoms with Crippen molar-refractivity contribution in [2.75, 3.05) is 6.54 Å². The van der Waals surface area contributed by atoms with Crippen LogP contribution in [0.4, 0.5) is 0 Å². The van der Waals surface area contributed by atoms with Crippen LogP contribution in [-0.4, -0.2) is 23.2 Å². The van der Waals surface area contributed by atoms with Gasteiger partial charge in [0, 0.05) is 12.1 Å². The summed E-state index contributed by atoms with van der Waals surface area (Å²) in [5, 5.41) is 12.9. The lowest BCUT2D eigenvalue weighted by Gasteiger charge is -2.35. The first-order valence-corrected chi connectivity index (χ1v) is 7.13. The highest BCUT2D eigenvalue weighted by molar-refractivity contribution is 5.76. The van der Waals surface area contributed by atoms with E-state index in [4.69, 9.17) is 0 Å². The molecule has 19 heavy (non-hydrogen) atoms. The van der Waals surface area contributed by atoms with Crippen LogP contribution < -0.4 is 5.32 Å². The fourth-order valence-corrected chi connectivity index (χ4v) is 2.89. The van der Waals surface area contributed by atoms with Crippen LogP contribution in [0.1, 0.15) is 50.5 Å². The molecule has 0 heterocycles. The maximum absolute atomic E-state index is 11.4. The summed E-state index contributed by atoms with van der Waals surface area (Å²) in [6, 6.07) is 9.49. The zero-order chi connectivity index (χ0) is 13.7. The Morgan fingerprint density at radius 3 is 2.47 bits per heavy atom. The number of carbonyl (C=O) groups is 1. The number of benzene rings is 1. The highest BCUT2D eigenvalue weighted by Crippen LogP contribution is 2.28. The fraction of sp³-hybridized carbons (Fsp3) is 0.562. The highest BCUT2D eigenvalue weighted by atomic mass is 16.4. The van der Waals surface area contributed by atoms with Crippen molar-refractivity contribution in [2.24, 2.45) is 0 Å². The van der Waals surface area contributed by atoms with Crippen LogP contribution in [0.5, 0.6) is 0 Å². The van der Waals surface area contributed by atoms with Gasteiger partial charge in [0.1, 0.15) is 0 Å². The van der Waals surface area contributed by atoms with E-state index in [0.29, 0.717) is 6.54 Å². The van der Waals surface area contributed by atoms with E-state index >= 15 is 0 Å². The average molecular weight is 261 g/mol. The zero-order valence-electron chi connectivity index (χ0n) is 11.6. The summed E-state index contributed by atoms with van der Waals surface area (Å²) in [5.41, 5.74) is 0.989. The van der Waals surface area contributed by atoms with Crippen LogP contribution in [0.15, 0.2) is 30.3 Å². The summed E-state index contributed by atoms with van der Waals surface area (Å²) in [4.78, 5) is 11.4. The molecule has 104 valence electrons. The van der Waals surface area contributed by atoms with Crippen molar-refractivity contribution >= 4 is 5.97 Å². The van der Waals surface area contributed by atoms with E-state index < -0.39 is 11.9 Å². The van der Waals surface area contributed by atoms with E-state index in [9.17, 15) is 9.90 Å². The van der Waals surface area contributed by atoms with Gasteiger partial charge in [-0.1, -0.05) is 49.6 Å². The number of hydrogen-bond acceptors (Lipinski definition) is 2. The van der Waals surface area contributed by atoms with Gasteiger partial charge in [0.2, 0.25) is 0 Å². The fourth-order valence-electron chi connectivity index (χ4n) is 2.89. The number of carboxylic acids is 1. The van der Waals surface area contributed by atoms with Gasteiger partial charge in [0.25, 0.3) is 0 Å². The quantitative estimate of drug-likeness (QED) is 0.856. The largest absolute Gasteiger partial charge is 0.481 e. The molecular formula is C16H23NO2. The summed E-state index contributed by atoms with van der Waals surface area (Å²) in [6.07, 6.45) is 6.08. The molecule has 0 aromatic heterocycles. The molecule has 1 saturated carbocycles. The Labute approximate surface area is 115 Å². The summed E-state index contributed by atoms with van der Waals surface area (Å²) in [6.45, 7) is 2.73. The van der Waals surface area contributed by atoms with Crippen LogP contribution in [0.3, 0.4) is 0 Å². The van der Waals surface area contributed by atoms with Crippen molar-refractivity contribution in [2.45, 2.75) is 50.5 Å². The van der Waals surface area contributed by atoms with Crippen molar-refractivity contribution in [3.05, 3.63) is 35.9 Å². The second-order valence-electron chi connectivity index (χ2n) is 5.80. The van der Waals surface area contributed by atoms with Gasteiger partial charge < -0.3 is 10.4 Å². The van der Waals surface area contributed by atoms with Crippen molar-refractivity contribution in [1.29, 1.82) is 0 Å². The second-order valence-corrected chi connectivity index (χ2v) is 5.80. The Kier molecular flexibility index (Phi) is 4.59. The lowest BCUT2D eigenvalue weighted by molar-refractivity contribution is -0.138. The highest BCUT2D eigenvalue weighted by Gasteiger charge is 2.29. The third kappa shape index (κ3) is 3.80. The van der Waals surface area contributed by atoms with Gasteiger partial charge >= 0.3 is 5.97 Å². The van der Waals surface area contributed by atoms with Crippen LogP contribution >= 0.6 is 0 Å². The van der Waals surface area contributed by atoms with Crippen molar-refractivity contribution in [3.63, 3.8) is 0 Å². The summed E-state index contributed by atoms with van der Waals surface area (Å²) in [5.74, 6) is -1.21. The van der Waals surface area contributed by atoms with Gasteiger partial charge in [-0.2, -0.15) is 0 Å². The monoisotopic (exact) mass is 261 g/mol. The van der Waals surface area contributed by atoms with Gasteiger partial charge in [-0.3, -0.25) is 4.79 Å². The van der Waals surface area contributed by atoms with E-state index in [1.807, 2.05) is 30.3 Å². The SMILES string of the molecule is CC1(NCC(C(=O)O)c2ccccc2)CCCCC1. The molecule has 1 atom stereocenters. The van der Waals surface area contributed by atoms with Gasteiger partial charge in [0.15, 0.2) is 0 Å². The molecule has 1 aliphatic carbocycles. The standard InChI is InChI=1S/C16H23NO2/c1-16(10-6-3-7-11-16)17-12-14(15(18)19)13-8-4-2-5-9-13/h2,4-5,8-9,14,17H,3,6-7,10-12H2,1H3,(H,18,19). The maximum atomic E-state index is 11.4. The molecule has 0 radical (unpaired) electrons. The molecule has 0 bridgehead atoms. The zero-order valence-corrected chi connectivity index (χ0v) is 11.6. The number of carboxylic acid groups (broad SMARTS) is 1. The number of nitrogens with one attached hydrogen (secondary N) is 1. The first-order chi connectivity index (χ1) is 9.11. The molecule has 0 aliphatic heterocycles. The van der Waals surface area contributed by atoms with Crippen LogP contribution in [-0.2, 0) is 4.79 Å². The minimum Gasteiger partial charge on any atom is -0.481 e. The smallest absolute Gasteiger partial charge is 0.312 e. The normalized spacial score (nSPS) is 19.8. The number of hydrogen-bond donors (Lipinski definition) is 2. The summed E-state index contributed by atoms with van der Waals surface area (Å²) >= 11 is 0. The molecule has 3 nitrogen and oxygen atoms in total. The lowest BCUT2D eigenvalue weighted by atomic mass is 9.83. The molecule has 1 aromatic carbocycles. The molecule has 3 heteroatoms. The Balaban J connectivity index is 2.00. The Hall–Kier alpha value is -1.35. The molecule has 1 aromatic rings. The lowest BCUT2D eigenvalue weighted by Crippen LogP contribution is -2.46. The van der Waals surface area contributed by atoms with E-state index in [2.05, 4.69) is 12.2 Å². The van der Waals surface area contributed by atoms with Gasteiger partial charge in [-0.15, -0.1) is 0 Å². The topological polar surface area (TPSA) is 49.3 Å². The van der Waals surface area contributed by atoms with E-state index in [0.717, 1.165) is 18.4 Å². The minimum atomic E-state index is -0.752. The van der Waals surface area contributed by atoms with Gasteiger partial charge in [0.05, 0.1) is 5.92 Å². The predicted molar refractivity (Wildman–Crippen MR) is 76.3 cm³/mol. The minimum absolute atomic E-state index is 0.112. The molecule has 1 unspecified atom stereocenters. The summed E-state index contributed by atoms with van der Waals surface area (Å²) < 4.78 is 0. The first-order valence-electron chi connectivity index (χ1n) is 7.13. The van der Waals surface area contributed by atoms with E-state index in [-0.39, 0.29) is 5.54 Å². The van der Waals surface area contributed by atoms with Crippen molar-refractivity contribution < 1.29 is 9.90 Å². The molecule has 2 rings (SSSR count). The maximum Gasteiger partial charge on any atom is 0.312 e. The third-order valence-electron chi connectivity index (χ3n) is 4.19. The Morgan fingerprint density at radius 2 is 1.89 bits per heavy atom. The second kappa shape index (κ2) is 6.20.